The molecule has 0 bridgehead atoms. The maximum atomic E-state index is 11.4. The molecule has 0 amide bonds. The Morgan fingerprint density at radius 1 is 1.00 bits per heavy atom. The topological polar surface area (TPSA) is 47.9 Å². The molecule has 2 aromatic carbocycles. The molecule has 112 valence electrons. The monoisotopic (exact) mass is 295 g/mol. The highest BCUT2D eigenvalue weighted by atomic mass is 16.6. The van der Waals surface area contributed by atoms with Crippen LogP contribution in [0.1, 0.15) is 18.1 Å². The van der Waals surface area contributed by atoms with Gasteiger partial charge in [-0.25, -0.2) is 0 Å². The molecule has 0 aromatic heterocycles. The Balaban J connectivity index is 1.87. The number of carbonyl (C=O) groups excluding carboxylic acids is 1. The summed E-state index contributed by atoms with van der Waals surface area (Å²) in [6, 6.07) is 16.2. The minimum atomic E-state index is -0.346. The van der Waals surface area contributed by atoms with Gasteiger partial charge in [-0.15, -0.1) is 0 Å². The van der Waals surface area contributed by atoms with Crippen molar-refractivity contribution in [1.29, 1.82) is 0 Å². The first-order valence-corrected chi connectivity index (χ1v) is 7.19. The van der Waals surface area contributed by atoms with Gasteiger partial charge in [-0.3, -0.25) is 4.79 Å². The molecule has 1 aliphatic rings. The summed E-state index contributed by atoms with van der Waals surface area (Å²) in [5.74, 6) is -0.645. The second kappa shape index (κ2) is 6.02. The molecule has 0 aliphatic heterocycles. The van der Waals surface area contributed by atoms with Crippen molar-refractivity contribution >= 4 is 11.7 Å². The van der Waals surface area contributed by atoms with E-state index in [-0.39, 0.29) is 18.5 Å². The lowest BCUT2D eigenvalue weighted by Gasteiger charge is -2.08. The summed E-state index contributed by atoms with van der Waals surface area (Å²) < 4.78 is 4.68. The molecular formula is C18H17NO3. The minimum absolute atomic E-state index is 0.195. The van der Waals surface area contributed by atoms with Crippen molar-refractivity contribution in [3.63, 3.8) is 0 Å². The van der Waals surface area contributed by atoms with Gasteiger partial charge in [-0.1, -0.05) is 53.7 Å². The summed E-state index contributed by atoms with van der Waals surface area (Å²) in [7, 11) is 1.37. The van der Waals surface area contributed by atoms with E-state index in [9.17, 15) is 4.79 Å². The van der Waals surface area contributed by atoms with Crippen LogP contribution < -0.4 is 0 Å². The van der Waals surface area contributed by atoms with Gasteiger partial charge in [-0.05, 0) is 18.1 Å². The number of oxime groups is 1. The Kier molecular flexibility index (Phi) is 3.92. The molecule has 4 nitrogen and oxygen atoms in total. The number of carbonyl (C=O) groups is 1. The second-order valence-electron chi connectivity index (χ2n) is 5.25. The van der Waals surface area contributed by atoms with Crippen molar-refractivity contribution in [1.82, 2.24) is 0 Å². The van der Waals surface area contributed by atoms with Crippen LogP contribution in [0.25, 0.3) is 11.1 Å². The van der Waals surface area contributed by atoms with E-state index < -0.39 is 0 Å². The van der Waals surface area contributed by atoms with Crippen LogP contribution in [0.5, 0.6) is 0 Å². The third kappa shape index (κ3) is 2.48. The molecule has 0 N–H and O–H groups in total. The van der Waals surface area contributed by atoms with Crippen LogP contribution in [0.15, 0.2) is 53.7 Å². The molecule has 1 atom stereocenters. The fourth-order valence-electron chi connectivity index (χ4n) is 2.58. The van der Waals surface area contributed by atoms with Crippen LogP contribution in [-0.2, 0) is 14.4 Å². The van der Waals surface area contributed by atoms with Crippen LogP contribution in [-0.4, -0.2) is 25.4 Å². The Hall–Kier alpha value is -2.62. The highest BCUT2D eigenvalue weighted by Gasteiger charge is 2.24. The Morgan fingerprint density at radius 3 is 2.00 bits per heavy atom. The Morgan fingerprint density at radius 2 is 1.50 bits per heavy atom. The number of benzene rings is 2. The number of rotatable bonds is 4. The number of fused-ring (bicyclic) bond motifs is 3. The van der Waals surface area contributed by atoms with E-state index in [1.807, 2.05) is 36.4 Å². The molecule has 0 radical (unpaired) electrons. The number of nitrogens with zero attached hydrogens (tertiary/aromatic N) is 1. The molecule has 4 heteroatoms. The Labute approximate surface area is 129 Å². The predicted octanol–water partition coefficient (Wildman–Crippen LogP) is 3.25. The quantitative estimate of drug-likeness (QED) is 0.548. The normalized spacial score (nSPS) is 13.1. The van der Waals surface area contributed by atoms with Gasteiger partial charge in [0, 0.05) is 11.1 Å². The first kappa shape index (κ1) is 14.3. The highest BCUT2D eigenvalue weighted by Crippen LogP contribution is 2.36. The largest absolute Gasteiger partial charge is 0.469 e. The lowest BCUT2D eigenvalue weighted by molar-refractivity contribution is -0.146. The van der Waals surface area contributed by atoms with Crippen molar-refractivity contribution in [2.75, 3.05) is 13.7 Å². The second-order valence-corrected chi connectivity index (χ2v) is 5.25. The van der Waals surface area contributed by atoms with Crippen molar-refractivity contribution < 1.29 is 14.4 Å². The zero-order valence-electron chi connectivity index (χ0n) is 12.6. The van der Waals surface area contributed by atoms with Crippen LogP contribution in [0.2, 0.25) is 0 Å². The Bertz CT molecular complexity index is 689. The molecule has 1 aliphatic carbocycles. The maximum Gasteiger partial charge on any atom is 0.311 e. The predicted molar refractivity (Wildman–Crippen MR) is 84.6 cm³/mol. The lowest BCUT2D eigenvalue weighted by Crippen LogP contribution is -2.17. The lowest BCUT2D eigenvalue weighted by atomic mass is 10.1. The highest BCUT2D eigenvalue weighted by molar-refractivity contribution is 6.24. The summed E-state index contributed by atoms with van der Waals surface area (Å²) >= 11 is 0. The van der Waals surface area contributed by atoms with Gasteiger partial charge in [0.25, 0.3) is 0 Å². The molecule has 0 spiro atoms. The van der Waals surface area contributed by atoms with Gasteiger partial charge in [-0.2, -0.15) is 0 Å². The van der Waals surface area contributed by atoms with E-state index in [0.717, 1.165) is 28.0 Å². The molecular weight excluding hydrogens is 278 g/mol. The smallest absolute Gasteiger partial charge is 0.311 e. The summed E-state index contributed by atoms with van der Waals surface area (Å²) in [5.41, 5.74) is 5.22. The van der Waals surface area contributed by atoms with Gasteiger partial charge in [0.2, 0.25) is 0 Å². The fraction of sp³-hybridized carbons (Fsp3) is 0.222. The summed E-state index contributed by atoms with van der Waals surface area (Å²) in [6.45, 7) is 1.95. The van der Waals surface area contributed by atoms with E-state index in [2.05, 4.69) is 22.0 Å². The third-order valence-corrected chi connectivity index (χ3v) is 3.74. The first-order chi connectivity index (χ1) is 10.7. The van der Waals surface area contributed by atoms with Crippen molar-refractivity contribution in [2.24, 2.45) is 11.1 Å². The summed E-state index contributed by atoms with van der Waals surface area (Å²) in [6.07, 6.45) is 0. The van der Waals surface area contributed by atoms with Gasteiger partial charge < -0.3 is 9.57 Å². The molecule has 0 unspecified atom stereocenters. The van der Waals surface area contributed by atoms with Crippen LogP contribution >= 0.6 is 0 Å². The van der Waals surface area contributed by atoms with Gasteiger partial charge in [0.15, 0.2) is 0 Å². The molecule has 0 saturated carbocycles. The van der Waals surface area contributed by atoms with Crippen LogP contribution in [0, 0.1) is 5.92 Å². The first-order valence-electron chi connectivity index (χ1n) is 7.19. The van der Waals surface area contributed by atoms with E-state index in [0.29, 0.717) is 0 Å². The SMILES string of the molecule is COC(=O)[C@@H](C)CON=C1c2ccccc2-c2ccccc21. The zero-order valence-corrected chi connectivity index (χ0v) is 12.6. The number of hydrogen-bond acceptors (Lipinski definition) is 4. The number of hydrogen-bond donors (Lipinski definition) is 0. The molecule has 0 saturated heterocycles. The zero-order chi connectivity index (χ0) is 15.5. The standard InChI is InChI=1S/C18H17NO3/c1-12(18(20)21-2)11-22-19-17-15-9-5-3-7-13(15)14-8-4-6-10-16(14)17/h3-10,12H,11H2,1-2H3/t12-/m0/s1. The molecule has 0 fully saturated rings. The summed E-state index contributed by atoms with van der Waals surface area (Å²) in [4.78, 5) is 16.8. The van der Waals surface area contributed by atoms with Crippen molar-refractivity contribution in [3.8, 4) is 11.1 Å². The average Bonchev–Trinajstić information content (AvgIpc) is 2.88. The number of ether oxygens (including phenoxy) is 1. The van der Waals surface area contributed by atoms with Crippen LogP contribution in [0.4, 0.5) is 0 Å². The minimum Gasteiger partial charge on any atom is -0.469 e. The molecule has 22 heavy (non-hydrogen) atoms. The number of esters is 1. The maximum absolute atomic E-state index is 11.4. The molecule has 2 aromatic rings. The van der Waals surface area contributed by atoms with Crippen LogP contribution in [0.3, 0.4) is 0 Å². The summed E-state index contributed by atoms with van der Waals surface area (Å²) in [5, 5.41) is 4.27. The number of methoxy groups -OCH3 is 1. The van der Waals surface area contributed by atoms with E-state index in [1.165, 1.54) is 7.11 Å². The van der Waals surface area contributed by atoms with E-state index in [1.54, 1.807) is 6.92 Å². The van der Waals surface area contributed by atoms with Gasteiger partial charge in [0.05, 0.1) is 13.0 Å². The molecule has 0 heterocycles. The van der Waals surface area contributed by atoms with E-state index in [4.69, 9.17) is 4.84 Å². The third-order valence-electron chi connectivity index (χ3n) is 3.74. The van der Waals surface area contributed by atoms with Gasteiger partial charge in [0.1, 0.15) is 12.3 Å². The fourth-order valence-corrected chi connectivity index (χ4v) is 2.58. The van der Waals surface area contributed by atoms with Crippen molar-refractivity contribution in [2.45, 2.75) is 6.92 Å². The molecule has 3 rings (SSSR count). The van der Waals surface area contributed by atoms with Gasteiger partial charge >= 0.3 is 5.97 Å². The van der Waals surface area contributed by atoms with Crippen molar-refractivity contribution in [3.05, 3.63) is 59.7 Å². The van der Waals surface area contributed by atoms with E-state index >= 15 is 0 Å². The average molecular weight is 295 g/mol.